The standard InChI is InChI=1S/C29H33N3O6S/c33-18-20-10-12-21(13-11-20)25-17-24(19-39-29-30-14-5-15-31-29)37-28(38-25)22-6-4-7-23(16-22)32-26(34)8-2-1-3-9-27(35)36/h4-7,10-16,24-25,28,33H,1-3,8-9,17-19H2,(H,32,34)(H,35,36)/t24-,25+,28+/m1/s1. The molecule has 9 nitrogen and oxygen atoms in total. The smallest absolute Gasteiger partial charge is 0.303 e. The zero-order chi connectivity index (χ0) is 27.5. The molecule has 1 amide bonds. The van der Waals surface area contributed by atoms with Crippen LogP contribution in [0.25, 0.3) is 0 Å². The van der Waals surface area contributed by atoms with Crippen molar-refractivity contribution in [2.75, 3.05) is 11.1 Å². The predicted molar refractivity (Wildman–Crippen MR) is 147 cm³/mol. The molecule has 3 atom stereocenters. The van der Waals surface area contributed by atoms with Crippen molar-refractivity contribution < 1.29 is 29.3 Å². The fraction of sp³-hybridized carbons (Fsp3) is 0.379. The first-order valence-corrected chi connectivity index (χ1v) is 14.0. The summed E-state index contributed by atoms with van der Waals surface area (Å²) in [6.45, 7) is -0.0191. The van der Waals surface area contributed by atoms with Crippen LogP contribution >= 0.6 is 11.8 Å². The van der Waals surface area contributed by atoms with E-state index in [4.69, 9.17) is 14.6 Å². The van der Waals surface area contributed by atoms with E-state index < -0.39 is 12.3 Å². The number of hydrogen-bond donors (Lipinski definition) is 3. The number of amides is 1. The zero-order valence-corrected chi connectivity index (χ0v) is 22.4. The van der Waals surface area contributed by atoms with E-state index in [1.54, 1.807) is 18.5 Å². The van der Waals surface area contributed by atoms with Gasteiger partial charge in [0, 0.05) is 48.7 Å². The summed E-state index contributed by atoms with van der Waals surface area (Å²) in [5.41, 5.74) is 3.27. The molecule has 0 aliphatic carbocycles. The minimum absolute atomic E-state index is 0.0191. The topological polar surface area (TPSA) is 131 Å². The van der Waals surface area contributed by atoms with E-state index in [1.807, 2.05) is 48.5 Å². The number of aliphatic carboxylic acids is 1. The van der Waals surface area contributed by atoms with Gasteiger partial charge in [-0.1, -0.05) is 54.6 Å². The molecule has 0 spiro atoms. The lowest BCUT2D eigenvalue weighted by molar-refractivity contribution is -0.245. The van der Waals surface area contributed by atoms with E-state index in [-0.39, 0.29) is 31.1 Å². The number of nitrogens with one attached hydrogen (secondary N) is 1. The molecule has 2 heterocycles. The molecule has 1 aliphatic rings. The number of nitrogens with zero attached hydrogens (tertiary/aromatic N) is 2. The van der Waals surface area contributed by atoms with Gasteiger partial charge in [-0.15, -0.1) is 0 Å². The minimum Gasteiger partial charge on any atom is -0.481 e. The summed E-state index contributed by atoms with van der Waals surface area (Å²) < 4.78 is 12.8. The second-order valence-electron chi connectivity index (χ2n) is 9.32. The molecule has 0 bridgehead atoms. The molecule has 10 heteroatoms. The van der Waals surface area contributed by atoms with E-state index >= 15 is 0 Å². The highest BCUT2D eigenvalue weighted by Gasteiger charge is 2.32. The third kappa shape index (κ3) is 9.14. The van der Waals surface area contributed by atoms with Gasteiger partial charge in [-0.25, -0.2) is 9.97 Å². The molecule has 206 valence electrons. The zero-order valence-electron chi connectivity index (χ0n) is 21.6. The molecule has 0 radical (unpaired) electrons. The number of carboxylic acid groups (broad SMARTS) is 1. The van der Waals surface area contributed by atoms with Crippen molar-refractivity contribution in [1.82, 2.24) is 9.97 Å². The highest BCUT2D eigenvalue weighted by Crippen LogP contribution is 2.39. The summed E-state index contributed by atoms with van der Waals surface area (Å²) in [6, 6.07) is 16.9. The van der Waals surface area contributed by atoms with Gasteiger partial charge in [-0.05, 0) is 42.2 Å². The number of aliphatic hydroxyl groups is 1. The van der Waals surface area contributed by atoms with Crippen molar-refractivity contribution in [2.45, 2.75) is 68.8 Å². The quantitative estimate of drug-likeness (QED) is 0.147. The molecule has 0 unspecified atom stereocenters. The normalized spacial score (nSPS) is 18.9. The fourth-order valence-corrected chi connectivity index (χ4v) is 5.10. The predicted octanol–water partition coefficient (Wildman–Crippen LogP) is 5.28. The Kier molecular flexibility index (Phi) is 10.8. The van der Waals surface area contributed by atoms with Crippen LogP contribution in [0, 0.1) is 0 Å². The monoisotopic (exact) mass is 551 g/mol. The largest absolute Gasteiger partial charge is 0.481 e. The van der Waals surface area contributed by atoms with Crippen molar-refractivity contribution in [1.29, 1.82) is 0 Å². The SMILES string of the molecule is O=C(O)CCCCCC(=O)Nc1cccc([C@H]2O[C@@H](CSc3ncccn3)C[C@@H](c3ccc(CO)cc3)O2)c1. The van der Waals surface area contributed by atoms with E-state index in [2.05, 4.69) is 15.3 Å². The van der Waals surface area contributed by atoms with Crippen LogP contribution in [0.4, 0.5) is 5.69 Å². The molecular weight excluding hydrogens is 518 g/mol. The number of benzene rings is 2. The highest BCUT2D eigenvalue weighted by atomic mass is 32.2. The maximum Gasteiger partial charge on any atom is 0.303 e. The molecule has 4 rings (SSSR count). The second-order valence-corrected chi connectivity index (χ2v) is 10.3. The van der Waals surface area contributed by atoms with Gasteiger partial charge in [0.25, 0.3) is 0 Å². The summed E-state index contributed by atoms with van der Waals surface area (Å²) in [5.74, 6) is -0.290. The molecule has 3 N–H and O–H groups in total. The third-order valence-corrected chi connectivity index (χ3v) is 7.30. The van der Waals surface area contributed by atoms with Gasteiger partial charge in [0.05, 0.1) is 18.8 Å². The maximum absolute atomic E-state index is 12.4. The Hall–Kier alpha value is -3.31. The first-order valence-electron chi connectivity index (χ1n) is 13.0. The summed E-state index contributed by atoms with van der Waals surface area (Å²) in [6.07, 6.45) is 5.41. The second kappa shape index (κ2) is 14.7. The number of aromatic nitrogens is 2. The number of hydrogen-bond acceptors (Lipinski definition) is 8. The number of carboxylic acids is 1. The lowest BCUT2D eigenvalue weighted by atomic mass is 10.0. The van der Waals surface area contributed by atoms with E-state index in [1.165, 1.54) is 11.8 Å². The first-order chi connectivity index (χ1) is 19.0. The van der Waals surface area contributed by atoms with Crippen LogP contribution in [0.3, 0.4) is 0 Å². The molecule has 39 heavy (non-hydrogen) atoms. The van der Waals surface area contributed by atoms with Crippen molar-refractivity contribution in [2.24, 2.45) is 0 Å². The maximum atomic E-state index is 12.4. The summed E-state index contributed by atoms with van der Waals surface area (Å²) in [7, 11) is 0. The molecule has 1 aliphatic heterocycles. The van der Waals surface area contributed by atoms with Crippen molar-refractivity contribution in [3.63, 3.8) is 0 Å². The number of aliphatic hydroxyl groups excluding tert-OH is 1. The van der Waals surface area contributed by atoms with Crippen LogP contribution in [0.15, 0.2) is 72.1 Å². The summed E-state index contributed by atoms with van der Waals surface area (Å²) >= 11 is 1.53. The van der Waals surface area contributed by atoms with Crippen molar-refractivity contribution in [3.8, 4) is 0 Å². The third-order valence-electron chi connectivity index (χ3n) is 6.29. The van der Waals surface area contributed by atoms with Gasteiger partial charge in [0.15, 0.2) is 11.4 Å². The van der Waals surface area contributed by atoms with Gasteiger partial charge in [0.1, 0.15) is 0 Å². The Bertz CT molecular complexity index is 1210. The Morgan fingerprint density at radius 1 is 0.949 bits per heavy atom. The van der Waals surface area contributed by atoms with Gasteiger partial charge in [0.2, 0.25) is 5.91 Å². The first kappa shape index (κ1) is 28.7. The number of thioether (sulfide) groups is 1. The number of carbonyl (C=O) groups is 2. The Balaban J connectivity index is 1.42. The van der Waals surface area contributed by atoms with Gasteiger partial charge in [-0.2, -0.15) is 0 Å². The van der Waals surface area contributed by atoms with Crippen LogP contribution in [-0.2, 0) is 25.7 Å². The van der Waals surface area contributed by atoms with Crippen LogP contribution in [0.2, 0.25) is 0 Å². The van der Waals surface area contributed by atoms with Crippen LogP contribution in [0.5, 0.6) is 0 Å². The average molecular weight is 552 g/mol. The van der Waals surface area contributed by atoms with Gasteiger partial charge in [-0.3, -0.25) is 9.59 Å². The van der Waals surface area contributed by atoms with E-state index in [0.29, 0.717) is 48.7 Å². The van der Waals surface area contributed by atoms with Gasteiger partial charge >= 0.3 is 5.97 Å². The van der Waals surface area contributed by atoms with E-state index in [0.717, 1.165) is 16.7 Å². The number of rotatable bonds is 13. The average Bonchev–Trinajstić information content (AvgIpc) is 2.96. The van der Waals surface area contributed by atoms with Crippen molar-refractivity contribution >= 4 is 29.3 Å². The summed E-state index contributed by atoms with van der Waals surface area (Å²) in [4.78, 5) is 31.6. The number of unbranched alkanes of at least 4 members (excludes halogenated alkanes) is 2. The summed E-state index contributed by atoms with van der Waals surface area (Å²) in [5, 5.41) is 21.8. The van der Waals surface area contributed by atoms with Crippen molar-refractivity contribution in [3.05, 3.63) is 83.7 Å². The molecule has 3 aromatic rings. The molecule has 0 saturated carbocycles. The minimum atomic E-state index is -0.818. The Morgan fingerprint density at radius 3 is 2.46 bits per heavy atom. The number of anilines is 1. The fourth-order valence-electron chi connectivity index (χ4n) is 4.28. The molecule has 1 saturated heterocycles. The lowest BCUT2D eigenvalue weighted by Gasteiger charge is -2.36. The Morgan fingerprint density at radius 2 is 1.72 bits per heavy atom. The number of ether oxygens (including phenoxy) is 2. The molecular formula is C29H33N3O6S. The molecule has 1 fully saturated rings. The van der Waals surface area contributed by atoms with Crippen LogP contribution in [-0.4, -0.2) is 43.9 Å². The molecule has 1 aromatic heterocycles. The van der Waals surface area contributed by atoms with Crippen LogP contribution in [0.1, 0.15) is 67.6 Å². The Labute approximate surface area is 232 Å². The van der Waals surface area contributed by atoms with E-state index in [9.17, 15) is 14.7 Å². The van der Waals surface area contributed by atoms with Crippen LogP contribution < -0.4 is 5.32 Å². The highest BCUT2D eigenvalue weighted by molar-refractivity contribution is 7.99. The van der Waals surface area contributed by atoms with Gasteiger partial charge < -0.3 is 25.0 Å². The lowest BCUT2D eigenvalue weighted by Crippen LogP contribution is -2.31. The number of carbonyl (C=O) groups excluding carboxylic acids is 1. The molecule has 2 aromatic carbocycles.